The average molecular weight is 339 g/mol. The van der Waals surface area contributed by atoms with Gasteiger partial charge in [0.1, 0.15) is 0 Å². The van der Waals surface area contributed by atoms with Crippen molar-refractivity contribution < 1.29 is 4.52 Å². The average Bonchev–Trinajstić information content (AvgIpc) is 3.28. The van der Waals surface area contributed by atoms with Gasteiger partial charge in [0.2, 0.25) is 11.7 Å². The molecule has 0 unspecified atom stereocenters. The Morgan fingerprint density at radius 3 is 2.72 bits per heavy atom. The molecule has 0 saturated carbocycles. The van der Waals surface area contributed by atoms with Crippen LogP contribution in [0.25, 0.3) is 11.4 Å². The van der Waals surface area contributed by atoms with Gasteiger partial charge in [-0.1, -0.05) is 35.5 Å². The van der Waals surface area contributed by atoms with E-state index in [0.717, 1.165) is 24.9 Å². The van der Waals surface area contributed by atoms with Gasteiger partial charge >= 0.3 is 0 Å². The van der Waals surface area contributed by atoms with Crippen LogP contribution in [0, 0.1) is 6.92 Å². The van der Waals surface area contributed by atoms with E-state index in [1.807, 2.05) is 41.2 Å². The van der Waals surface area contributed by atoms with Gasteiger partial charge in [-0.3, -0.25) is 4.68 Å². The topological polar surface area (TPSA) is 68.8 Å². The summed E-state index contributed by atoms with van der Waals surface area (Å²) in [6, 6.07) is 10.5. The molecule has 1 aromatic carbocycles. The molecule has 3 aromatic rings. The predicted octanol–water partition coefficient (Wildman–Crippen LogP) is 3.41. The molecule has 6 nitrogen and oxygen atoms in total. The van der Waals surface area contributed by atoms with Crippen LogP contribution in [0.5, 0.6) is 0 Å². The van der Waals surface area contributed by atoms with Crippen molar-refractivity contribution in [1.29, 1.82) is 0 Å². The van der Waals surface area contributed by atoms with Crippen molar-refractivity contribution in [2.24, 2.45) is 0 Å². The van der Waals surface area contributed by atoms with Crippen LogP contribution in [0.3, 0.4) is 0 Å². The molecule has 3 rings (SSSR count). The van der Waals surface area contributed by atoms with Crippen LogP contribution in [0.4, 0.5) is 0 Å². The summed E-state index contributed by atoms with van der Waals surface area (Å²) in [7, 11) is 0. The molecule has 0 aliphatic carbocycles. The molecule has 0 aliphatic heterocycles. The molecule has 1 N–H and O–H groups in total. The molecule has 2 atom stereocenters. The van der Waals surface area contributed by atoms with Crippen molar-refractivity contribution in [1.82, 2.24) is 25.2 Å². The monoisotopic (exact) mass is 339 g/mol. The molecule has 0 fully saturated rings. The second kappa shape index (κ2) is 8.07. The van der Waals surface area contributed by atoms with Gasteiger partial charge in [0.15, 0.2) is 0 Å². The molecule has 2 heterocycles. The standard InChI is InChI=1S/C19H25N5O/c1-14-12-21-24(13-14)16(3)15(2)20-11-7-10-18-22-19(23-25-18)17-8-5-4-6-9-17/h4-6,8-9,12-13,15-16,20H,7,10-11H2,1-3H3/t15-,16-/m0/s1. The molecular weight excluding hydrogens is 314 g/mol. The Hall–Kier alpha value is -2.47. The number of aryl methyl sites for hydroxylation is 2. The van der Waals surface area contributed by atoms with E-state index in [0.29, 0.717) is 23.8 Å². The molecule has 2 aromatic heterocycles. The SMILES string of the molecule is Cc1cnn([C@@H](C)[C@H](C)NCCCc2nc(-c3ccccc3)no2)c1. The summed E-state index contributed by atoms with van der Waals surface area (Å²) in [6.07, 6.45) is 5.69. The van der Waals surface area contributed by atoms with E-state index in [2.05, 4.69) is 47.5 Å². The third-order valence-electron chi connectivity index (χ3n) is 4.41. The first-order chi connectivity index (χ1) is 12.1. The second-order valence-electron chi connectivity index (χ2n) is 6.46. The van der Waals surface area contributed by atoms with Crippen molar-refractivity contribution in [2.45, 2.75) is 45.7 Å². The second-order valence-corrected chi connectivity index (χ2v) is 6.46. The van der Waals surface area contributed by atoms with E-state index >= 15 is 0 Å². The summed E-state index contributed by atoms with van der Waals surface area (Å²) < 4.78 is 7.35. The van der Waals surface area contributed by atoms with Gasteiger partial charge in [-0.25, -0.2) is 0 Å². The molecule has 0 amide bonds. The van der Waals surface area contributed by atoms with Crippen molar-refractivity contribution in [3.63, 3.8) is 0 Å². The molecule has 0 aliphatic rings. The molecule has 6 heteroatoms. The Kier molecular flexibility index (Phi) is 5.60. The van der Waals surface area contributed by atoms with Crippen LogP contribution in [-0.2, 0) is 6.42 Å². The highest BCUT2D eigenvalue weighted by atomic mass is 16.5. The van der Waals surface area contributed by atoms with Crippen LogP contribution in [0.15, 0.2) is 47.2 Å². The van der Waals surface area contributed by atoms with Gasteiger partial charge in [0, 0.05) is 24.2 Å². The van der Waals surface area contributed by atoms with Crippen LogP contribution >= 0.6 is 0 Å². The molecule has 0 spiro atoms. The van der Waals surface area contributed by atoms with Crippen molar-refractivity contribution in [3.8, 4) is 11.4 Å². The Balaban J connectivity index is 1.43. The Labute approximate surface area is 148 Å². The lowest BCUT2D eigenvalue weighted by molar-refractivity contribution is 0.353. The Bertz CT molecular complexity index is 780. The maximum absolute atomic E-state index is 5.34. The fourth-order valence-corrected chi connectivity index (χ4v) is 2.69. The number of nitrogens with one attached hydrogen (secondary N) is 1. The summed E-state index contributed by atoms with van der Waals surface area (Å²) in [5, 5.41) is 12.0. The fourth-order valence-electron chi connectivity index (χ4n) is 2.69. The quantitative estimate of drug-likeness (QED) is 0.637. The minimum atomic E-state index is 0.307. The number of nitrogens with zero attached hydrogens (tertiary/aromatic N) is 4. The fraction of sp³-hybridized carbons (Fsp3) is 0.421. The Morgan fingerprint density at radius 2 is 2.00 bits per heavy atom. The van der Waals surface area contributed by atoms with Crippen molar-refractivity contribution in [3.05, 3.63) is 54.2 Å². The van der Waals surface area contributed by atoms with Gasteiger partial charge < -0.3 is 9.84 Å². The van der Waals surface area contributed by atoms with Gasteiger partial charge in [0.25, 0.3) is 0 Å². The van der Waals surface area contributed by atoms with Gasteiger partial charge in [-0.2, -0.15) is 10.1 Å². The first-order valence-electron chi connectivity index (χ1n) is 8.75. The van der Waals surface area contributed by atoms with Gasteiger partial charge in [-0.15, -0.1) is 0 Å². The van der Waals surface area contributed by atoms with E-state index in [9.17, 15) is 0 Å². The lowest BCUT2D eigenvalue weighted by Gasteiger charge is -2.21. The molecule has 0 saturated heterocycles. The smallest absolute Gasteiger partial charge is 0.227 e. The lowest BCUT2D eigenvalue weighted by Crippen LogP contribution is -2.34. The first kappa shape index (κ1) is 17.4. The number of benzene rings is 1. The number of hydrogen-bond donors (Lipinski definition) is 1. The zero-order valence-electron chi connectivity index (χ0n) is 15.0. The minimum Gasteiger partial charge on any atom is -0.339 e. The third kappa shape index (κ3) is 4.54. The van der Waals surface area contributed by atoms with E-state index in [4.69, 9.17) is 4.52 Å². The third-order valence-corrected chi connectivity index (χ3v) is 4.41. The Morgan fingerprint density at radius 1 is 1.20 bits per heavy atom. The highest BCUT2D eigenvalue weighted by Crippen LogP contribution is 2.15. The minimum absolute atomic E-state index is 0.307. The maximum Gasteiger partial charge on any atom is 0.227 e. The summed E-state index contributed by atoms with van der Waals surface area (Å²) in [4.78, 5) is 4.46. The highest BCUT2D eigenvalue weighted by molar-refractivity contribution is 5.53. The van der Waals surface area contributed by atoms with Crippen LogP contribution in [0.1, 0.15) is 37.8 Å². The summed E-state index contributed by atoms with van der Waals surface area (Å²) in [6.45, 7) is 7.31. The van der Waals surface area contributed by atoms with E-state index in [1.54, 1.807) is 0 Å². The maximum atomic E-state index is 5.34. The first-order valence-corrected chi connectivity index (χ1v) is 8.75. The summed E-state index contributed by atoms with van der Waals surface area (Å²) >= 11 is 0. The zero-order valence-corrected chi connectivity index (χ0v) is 15.0. The largest absolute Gasteiger partial charge is 0.339 e. The summed E-state index contributed by atoms with van der Waals surface area (Å²) in [5.74, 6) is 1.34. The lowest BCUT2D eigenvalue weighted by atomic mass is 10.1. The van der Waals surface area contributed by atoms with Gasteiger partial charge in [0.05, 0.1) is 12.2 Å². The van der Waals surface area contributed by atoms with Crippen LogP contribution < -0.4 is 5.32 Å². The molecule has 0 radical (unpaired) electrons. The normalized spacial score (nSPS) is 13.7. The van der Waals surface area contributed by atoms with Crippen LogP contribution in [-0.4, -0.2) is 32.5 Å². The predicted molar refractivity (Wildman–Crippen MR) is 97.2 cm³/mol. The van der Waals surface area contributed by atoms with E-state index < -0.39 is 0 Å². The molecule has 0 bridgehead atoms. The molecule has 25 heavy (non-hydrogen) atoms. The molecular formula is C19H25N5O. The van der Waals surface area contributed by atoms with Crippen molar-refractivity contribution in [2.75, 3.05) is 6.54 Å². The zero-order chi connectivity index (χ0) is 17.6. The number of hydrogen-bond acceptors (Lipinski definition) is 5. The highest BCUT2D eigenvalue weighted by Gasteiger charge is 2.14. The number of rotatable bonds is 8. The van der Waals surface area contributed by atoms with Gasteiger partial charge in [-0.05, 0) is 39.3 Å². The van der Waals surface area contributed by atoms with Crippen molar-refractivity contribution >= 4 is 0 Å². The number of aromatic nitrogens is 4. The summed E-state index contributed by atoms with van der Waals surface area (Å²) in [5.41, 5.74) is 2.16. The van der Waals surface area contributed by atoms with E-state index in [-0.39, 0.29) is 0 Å². The molecule has 132 valence electrons. The van der Waals surface area contributed by atoms with E-state index in [1.165, 1.54) is 5.56 Å². The van der Waals surface area contributed by atoms with Crippen LogP contribution in [0.2, 0.25) is 0 Å².